The Bertz CT molecular complexity index is 462. The second kappa shape index (κ2) is 4.64. The van der Waals surface area contributed by atoms with Gasteiger partial charge in [-0.2, -0.15) is 0 Å². The largest absolute Gasteiger partial charge is 0.495 e. The summed E-state index contributed by atoms with van der Waals surface area (Å²) in [4.78, 5) is 0. The van der Waals surface area contributed by atoms with Crippen LogP contribution in [0, 0.1) is 6.92 Å². The number of rotatable bonds is 2. The van der Waals surface area contributed by atoms with E-state index < -0.39 is 0 Å². The average molecular weight is 260 g/mol. The van der Waals surface area contributed by atoms with Gasteiger partial charge in [0.25, 0.3) is 0 Å². The van der Waals surface area contributed by atoms with E-state index in [2.05, 4.69) is 66.7 Å². The maximum absolute atomic E-state index is 6.14. The molecule has 19 heavy (non-hydrogen) atoms. The maximum Gasteiger partial charge on any atom is 0.495 e. The molecule has 1 aromatic rings. The van der Waals surface area contributed by atoms with Gasteiger partial charge in [0.15, 0.2) is 0 Å². The molecule has 104 valence electrons. The first-order valence-corrected chi connectivity index (χ1v) is 7.11. The molecule has 2 nitrogen and oxygen atoms in total. The lowest BCUT2D eigenvalue weighted by Gasteiger charge is -2.32. The summed E-state index contributed by atoms with van der Waals surface area (Å²) in [6.07, 6.45) is 0. The summed E-state index contributed by atoms with van der Waals surface area (Å²) in [7, 11) is -0.260. The Morgan fingerprint density at radius 1 is 1.00 bits per heavy atom. The highest BCUT2D eigenvalue weighted by atomic mass is 16.7. The van der Waals surface area contributed by atoms with E-state index in [0.29, 0.717) is 5.92 Å². The molecule has 0 spiro atoms. The normalized spacial score (nSPS) is 21.2. The molecule has 0 aromatic heterocycles. The Kier molecular flexibility index (Phi) is 3.57. The minimum atomic E-state index is -0.280. The minimum absolute atomic E-state index is 0.260. The lowest BCUT2D eigenvalue weighted by Crippen LogP contribution is -2.41. The van der Waals surface area contributed by atoms with E-state index in [1.54, 1.807) is 0 Å². The predicted molar refractivity (Wildman–Crippen MR) is 81.0 cm³/mol. The van der Waals surface area contributed by atoms with Crippen LogP contribution in [0.3, 0.4) is 0 Å². The summed E-state index contributed by atoms with van der Waals surface area (Å²) in [5.74, 6) is 0.516. The maximum atomic E-state index is 6.14. The second-order valence-corrected chi connectivity index (χ2v) is 6.80. The number of benzene rings is 1. The lowest BCUT2D eigenvalue weighted by atomic mass is 9.74. The van der Waals surface area contributed by atoms with Crippen molar-refractivity contribution in [2.24, 2.45) is 0 Å². The van der Waals surface area contributed by atoms with E-state index in [-0.39, 0.29) is 18.3 Å². The summed E-state index contributed by atoms with van der Waals surface area (Å²) in [5.41, 5.74) is 3.25. The van der Waals surface area contributed by atoms with Gasteiger partial charge < -0.3 is 9.31 Å². The monoisotopic (exact) mass is 260 g/mol. The van der Waals surface area contributed by atoms with Crippen LogP contribution in [0.2, 0.25) is 0 Å². The van der Waals surface area contributed by atoms with Gasteiger partial charge in [-0.1, -0.05) is 32.0 Å². The minimum Gasteiger partial charge on any atom is -0.399 e. The molecule has 0 radical (unpaired) electrons. The van der Waals surface area contributed by atoms with Crippen LogP contribution in [-0.4, -0.2) is 18.3 Å². The molecule has 3 heteroatoms. The molecule has 0 aliphatic carbocycles. The third kappa shape index (κ3) is 2.46. The Morgan fingerprint density at radius 2 is 1.53 bits per heavy atom. The summed E-state index contributed by atoms with van der Waals surface area (Å²) in [5, 5.41) is 0. The molecule has 0 bridgehead atoms. The highest BCUT2D eigenvalue weighted by molar-refractivity contribution is 6.62. The molecule has 2 rings (SSSR count). The Hall–Kier alpha value is -0.795. The van der Waals surface area contributed by atoms with E-state index in [1.807, 2.05) is 0 Å². The van der Waals surface area contributed by atoms with E-state index >= 15 is 0 Å². The third-order valence-electron chi connectivity index (χ3n) is 4.55. The van der Waals surface area contributed by atoms with Gasteiger partial charge in [-0.25, -0.2) is 0 Å². The van der Waals surface area contributed by atoms with Crippen molar-refractivity contribution >= 4 is 12.6 Å². The van der Waals surface area contributed by atoms with E-state index in [0.717, 1.165) is 5.46 Å². The molecule has 0 unspecified atom stereocenters. The SMILES string of the molecule is Cc1c(B2OC(C)(C)C(C)(C)O2)cccc1C(C)C. The highest BCUT2D eigenvalue weighted by Gasteiger charge is 2.52. The zero-order valence-electron chi connectivity index (χ0n) is 13.2. The highest BCUT2D eigenvalue weighted by Crippen LogP contribution is 2.36. The van der Waals surface area contributed by atoms with E-state index in [1.165, 1.54) is 11.1 Å². The van der Waals surface area contributed by atoms with Gasteiger partial charge in [0.2, 0.25) is 0 Å². The summed E-state index contributed by atoms with van der Waals surface area (Å²) < 4.78 is 12.3. The van der Waals surface area contributed by atoms with Crippen LogP contribution in [0.4, 0.5) is 0 Å². The molecule has 1 aromatic carbocycles. The van der Waals surface area contributed by atoms with Crippen molar-refractivity contribution in [2.75, 3.05) is 0 Å². The number of hydrogen-bond acceptors (Lipinski definition) is 2. The van der Waals surface area contributed by atoms with Gasteiger partial charge >= 0.3 is 7.12 Å². The Balaban J connectivity index is 2.38. The fourth-order valence-corrected chi connectivity index (χ4v) is 2.52. The first kappa shape index (κ1) is 14.6. The van der Waals surface area contributed by atoms with Gasteiger partial charge in [0.1, 0.15) is 0 Å². The molecule has 0 atom stereocenters. The van der Waals surface area contributed by atoms with Crippen molar-refractivity contribution < 1.29 is 9.31 Å². The molecular weight excluding hydrogens is 235 g/mol. The third-order valence-corrected chi connectivity index (χ3v) is 4.55. The Labute approximate surface area is 117 Å². The van der Waals surface area contributed by atoms with Crippen molar-refractivity contribution in [1.29, 1.82) is 0 Å². The van der Waals surface area contributed by atoms with Crippen LogP contribution in [0.5, 0.6) is 0 Å². The predicted octanol–water partition coefficient (Wildman–Crippen LogP) is 3.42. The first-order valence-electron chi connectivity index (χ1n) is 7.11. The van der Waals surface area contributed by atoms with Crippen LogP contribution < -0.4 is 5.46 Å². The van der Waals surface area contributed by atoms with Gasteiger partial charge in [0, 0.05) is 0 Å². The molecule has 0 saturated carbocycles. The van der Waals surface area contributed by atoms with Crippen molar-refractivity contribution in [3.05, 3.63) is 29.3 Å². The lowest BCUT2D eigenvalue weighted by molar-refractivity contribution is 0.00578. The molecule has 0 N–H and O–H groups in total. The molecule has 1 saturated heterocycles. The molecule has 1 fully saturated rings. The standard InChI is InChI=1S/C16H25BO2/c1-11(2)13-9-8-10-14(12(13)3)17-18-15(4,5)16(6,7)19-17/h8-11H,1-7H3. The zero-order valence-corrected chi connectivity index (χ0v) is 13.2. The van der Waals surface area contributed by atoms with E-state index in [9.17, 15) is 0 Å². The molecular formula is C16H25BO2. The quantitative estimate of drug-likeness (QED) is 0.758. The van der Waals surface area contributed by atoms with Crippen molar-refractivity contribution in [1.82, 2.24) is 0 Å². The smallest absolute Gasteiger partial charge is 0.399 e. The summed E-state index contributed by atoms with van der Waals surface area (Å²) >= 11 is 0. The molecule has 1 aliphatic rings. The first-order chi connectivity index (χ1) is 8.66. The van der Waals surface area contributed by atoms with Crippen LogP contribution in [-0.2, 0) is 9.31 Å². The molecule has 1 aliphatic heterocycles. The summed E-state index contributed by atoms with van der Waals surface area (Å²) in [6.45, 7) is 15.0. The van der Waals surface area contributed by atoms with Crippen LogP contribution in [0.15, 0.2) is 18.2 Å². The zero-order chi connectivity index (χ0) is 14.4. The van der Waals surface area contributed by atoms with Crippen molar-refractivity contribution in [2.45, 2.75) is 65.6 Å². The van der Waals surface area contributed by atoms with Gasteiger partial charge in [-0.05, 0) is 57.1 Å². The molecule has 0 amide bonds. The van der Waals surface area contributed by atoms with E-state index in [4.69, 9.17) is 9.31 Å². The Morgan fingerprint density at radius 3 is 2.00 bits per heavy atom. The summed E-state index contributed by atoms with van der Waals surface area (Å²) in [6, 6.07) is 6.40. The van der Waals surface area contributed by atoms with Crippen LogP contribution in [0.25, 0.3) is 0 Å². The van der Waals surface area contributed by atoms with Crippen LogP contribution >= 0.6 is 0 Å². The van der Waals surface area contributed by atoms with Gasteiger partial charge in [-0.15, -0.1) is 0 Å². The average Bonchev–Trinajstić information content (AvgIpc) is 2.47. The second-order valence-electron chi connectivity index (χ2n) is 6.80. The van der Waals surface area contributed by atoms with Crippen molar-refractivity contribution in [3.8, 4) is 0 Å². The van der Waals surface area contributed by atoms with Crippen LogP contribution in [0.1, 0.15) is 58.6 Å². The molecule has 1 heterocycles. The van der Waals surface area contributed by atoms with Gasteiger partial charge in [0.05, 0.1) is 11.2 Å². The fraction of sp³-hybridized carbons (Fsp3) is 0.625. The topological polar surface area (TPSA) is 18.5 Å². The van der Waals surface area contributed by atoms with Gasteiger partial charge in [-0.3, -0.25) is 0 Å². The van der Waals surface area contributed by atoms with Crippen molar-refractivity contribution in [3.63, 3.8) is 0 Å². The fourth-order valence-electron chi connectivity index (χ4n) is 2.52. The number of hydrogen-bond donors (Lipinski definition) is 0.